The van der Waals surface area contributed by atoms with Crippen molar-refractivity contribution in [3.63, 3.8) is 0 Å². The van der Waals surface area contributed by atoms with Crippen molar-refractivity contribution in [3.05, 3.63) is 82.5 Å². The Balaban J connectivity index is 0.00000192. The second kappa shape index (κ2) is 7.11. The van der Waals surface area contributed by atoms with Crippen molar-refractivity contribution in [2.75, 3.05) is 0 Å². The summed E-state index contributed by atoms with van der Waals surface area (Å²) in [6.07, 6.45) is 1.85. The van der Waals surface area contributed by atoms with Gasteiger partial charge in [0.05, 0.1) is 4.92 Å². The largest absolute Gasteiger partial charge is 0.287 e. The Morgan fingerprint density at radius 1 is 1.00 bits per heavy atom. The number of hydrogen-bond donors (Lipinski definition) is 0. The molecular formula is C17H14BrN2O3+. The summed E-state index contributed by atoms with van der Waals surface area (Å²) in [5.74, 6) is -0.0868. The number of carbonyl (C=O) groups excluding carboxylic acids is 1. The monoisotopic (exact) mass is 373 g/mol. The van der Waals surface area contributed by atoms with Gasteiger partial charge in [0.25, 0.3) is 5.69 Å². The first-order valence-corrected chi connectivity index (χ1v) is 6.80. The van der Waals surface area contributed by atoms with Gasteiger partial charge in [0.2, 0.25) is 17.8 Å². The maximum Gasteiger partial charge on any atom is 0.269 e. The van der Waals surface area contributed by atoms with Gasteiger partial charge in [-0.25, -0.2) is 0 Å². The molecule has 2 aromatic carbocycles. The van der Waals surface area contributed by atoms with E-state index in [2.05, 4.69) is 0 Å². The van der Waals surface area contributed by atoms with Crippen LogP contribution >= 0.6 is 17.0 Å². The van der Waals surface area contributed by atoms with Crippen molar-refractivity contribution in [2.45, 2.75) is 6.54 Å². The highest BCUT2D eigenvalue weighted by atomic mass is 79.9. The fourth-order valence-corrected chi connectivity index (χ4v) is 2.37. The van der Waals surface area contributed by atoms with Crippen LogP contribution in [0, 0.1) is 10.1 Å². The number of nitro benzene ring substituents is 1. The first kappa shape index (κ1) is 16.8. The van der Waals surface area contributed by atoms with E-state index in [-0.39, 0.29) is 35.0 Å². The Labute approximate surface area is 143 Å². The molecule has 0 aliphatic rings. The van der Waals surface area contributed by atoms with Crippen LogP contribution in [0.4, 0.5) is 5.69 Å². The molecule has 0 saturated carbocycles. The summed E-state index contributed by atoms with van der Waals surface area (Å²) >= 11 is 0. The SMILES string of the molecule is Br.O=C(C[n+]1cccc2ccccc21)c1ccc([N+](=O)[O-])cc1. The van der Waals surface area contributed by atoms with E-state index in [9.17, 15) is 14.9 Å². The minimum absolute atomic E-state index is 0. The average Bonchev–Trinajstić information content (AvgIpc) is 2.55. The number of aromatic nitrogens is 1. The predicted molar refractivity (Wildman–Crippen MR) is 91.9 cm³/mol. The highest BCUT2D eigenvalue weighted by Crippen LogP contribution is 2.13. The lowest BCUT2D eigenvalue weighted by Gasteiger charge is -2.01. The number of carbonyl (C=O) groups is 1. The summed E-state index contributed by atoms with van der Waals surface area (Å²) in [6.45, 7) is 0.194. The number of pyridine rings is 1. The smallest absolute Gasteiger partial charge is 0.269 e. The molecule has 0 unspecified atom stereocenters. The van der Waals surface area contributed by atoms with Gasteiger partial charge in [0.1, 0.15) is 0 Å². The Hall–Kier alpha value is -2.60. The molecule has 0 aliphatic heterocycles. The quantitative estimate of drug-likeness (QED) is 0.304. The zero-order chi connectivity index (χ0) is 15.5. The second-order valence-corrected chi connectivity index (χ2v) is 4.92. The second-order valence-electron chi connectivity index (χ2n) is 4.92. The van der Waals surface area contributed by atoms with Crippen LogP contribution in [0.2, 0.25) is 0 Å². The molecule has 23 heavy (non-hydrogen) atoms. The number of ketones is 1. The van der Waals surface area contributed by atoms with Gasteiger partial charge in [-0.1, -0.05) is 12.1 Å². The van der Waals surface area contributed by atoms with E-state index in [0.29, 0.717) is 5.56 Å². The van der Waals surface area contributed by atoms with Crippen LogP contribution in [0.5, 0.6) is 0 Å². The lowest BCUT2D eigenvalue weighted by atomic mass is 10.1. The van der Waals surface area contributed by atoms with E-state index in [1.807, 2.05) is 47.2 Å². The summed E-state index contributed by atoms with van der Waals surface area (Å²) in [5, 5.41) is 11.7. The fraction of sp³-hybridized carbons (Fsp3) is 0.0588. The van der Waals surface area contributed by atoms with E-state index >= 15 is 0 Å². The lowest BCUT2D eigenvalue weighted by molar-refractivity contribution is -0.657. The zero-order valence-electron chi connectivity index (χ0n) is 12.1. The molecule has 3 rings (SSSR count). The molecule has 1 heterocycles. The van der Waals surface area contributed by atoms with Crippen LogP contribution in [-0.4, -0.2) is 10.7 Å². The van der Waals surface area contributed by atoms with Crippen molar-refractivity contribution < 1.29 is 14.3 Å². The standard InChI is InChI=1S/C17H13N2O3.BrH/c20-17(14-7-9-15(10-8-14)19(21)22)12-18-11-3-5-13-4-1-2-6-16(13)18;/h1-11H,12H2;1H/q+1;. The third-order valence-corrected chi connectivity index (χ3v) is 3.50. The molecule has 116 valence electrons. The number of rotatable bonds is 4. The Morgan fingerprint density at radius 3 is 2.35 bits per heavy atom. The van der Waals surface area contributed by atoms with Gasteiger partial charge in [-0.05, 0) is 24.3 Å². The number of nitro groups is 1. The molecule has 3 aromatic rings. The third kappa shape index (κ3) is 3.60. The van der Waals surface area contributed by atoms with E-state index in [4.69, 9.17) is 0 Å². The van der Waals surface area contributed by atoms with Crippen LogP contribution in [0.25, 0.3) is 10.9 Å². The molecule has 0 fully saturated rings. The van der Waals surface area contributed by atoms with Crippen molar-refractivity contribution in [1.82, 2.24) is 0 Å². The molecule has 0 N–H and O–H groups in total. The number of para-hydroxylation sites is 1. The summed E-state index contributed by atoms with van der Waals surface area (Å²) in [5.41, 5.74) is 1.42. The highest BCUT2D eigenvalue weighted by Gasteiger charge is 2.16. The van der Waals surface area contributed by atoms with Crippen molar-refractivity contribution in [2.24, 2.45) is 0 Å². The molecule has 0 radical (unpaired) electrons. The molecule has 0 atom stereocenters. The topological polar surface area (TPSA) is 64.1 Å². The first-order valence-electron chi connectivity index (χ1n) is 6.80. The zero-order valence-corrected chi connectivity index (χ0v) is 13.8. The van der Waals surface area contributed by atoms with Crippen molar-refractivity contribution in [1.29, 1.82) is 0 Å². The first-order chi connectivity index (χ1) is 10.6. The van der Waals surface area contributed by atoms with Crippen molar-refractivity contribution >= 4 is 39.4 Å². The van der Waals surface area contributed by atoms with Gasteiger partial charge in [-0.15, -0.1) is 17.0 Å². The van der Waals surface area contributed by atoms with E-state index in [0.717, 1.165) is 10.9 Å². The number of nitrogens with zero attached hydrogens (tertiary/aromatic N) is 2. The molecule has 0 aliphatic carbocycles. The summed E-state index contributed by atoms with van der Waals surface area (Å²) in [4.78, 5) is 22.5. The van der Waals surface area contributed by atoms with E-state index in [1.165, 1.54) is 24.3 Å². The van der Waals surface area contributed by atoms with Gasteiger partial charge in [0.15, 0.2) is 6.20 Å². The number of Topliss-reactive ketones (excluding diaryl/α,β-unsaturated/α-hetero) is 1. The molecule has 0 amide bonds. The number of halogens is 1. The third-order valence-electron chi connectivity index (χ3n) is 3.50. The minimum atomic E-state index is -0.478. The van der Waals surface area contributed by atoms with Gasteiger partial charge >= 0.3 is 0 Å². The summed E-state index contributed by atoms with van der Waals surface area (Å²) in [6, 6.07) is 17.4. The minimum Gasteiger partial charge on any atom is -0.287 e. The molecule has 5 nitrogen and oxygen atoms in total. The fourth-order valence-electron chi connectivity index (χ4n) is 2.37. The van der Waals surface area contributed by atoms with Crippen molar-refractivity contribution in [3.8, 4) is 0 Å². The molecule has 0 bridgehead atoms. The van der Waals surface area contributed by atoms with Gasteiger partial charge < -0.3 is 0 Å². The Kier molecular flexibility index (Phi) is 5.18. The summed E-state index contributed by atoms with van der Waals surface area (Å²) < 4.78 is 1.87. The Morgan fingerprint density at radius 2 is 1.65 bits per heavy atom. The molecule has 6 heteroatoms. The predicted octanol–water partition coefficient (Wildman–Crippen LogP) is 3.50. The number of hydrogen-bond acceptors (Lipinski definition) is 3. The number of benzene rings is 2. The maximum atomic E-state index is 12.3. The normalized spacial score (nSPS) is 10.1. The highest BCUT2D eigenvalue weighted by molar-refractivity contribution is 8.93. The van der Waals surface area contributed by atoms with E-state index < -0.39 is 4.92 Å². The average molecular weight is 374 g/mol. The maximum absolute atomic E-state index is 12.3. The molecule has 0 spiro atoms. The molecular weight excluding hydrogens is 360 g/mol. The van der Waals surface area contributed by atoms with E-state index in [1.54, 1.807) is 0 Å². The van der Waals surface area contributed by atoms with Gasteiger partial charge in [-0.2, -0.15) is 4.57 Å². The number of fused-ring (bicyclic) bond motifs is 1. The number of non-ortho nitro benzene ring substituents is 1. The van der Waals surface area contributed by atoms with Crippen LogP contribution in [0.3, 0.4) is 0 Å². The van der Waals surface area contributed by atoms with Crippen LogP contribution in [-0.2, 0) is 6.54 Å². The van der Waals surface area contributed by atoms with Gasteiger partial charge in [0, 0.05) is 35.2 Å². The van der Waals surface area contributed by atoms with Gasteiger partial charge in [-0.3, -0.25) is 14.9 Å². The lowest BCUT2D eigenvalue weighted by Crippen LogP contribution is -2.38. The Bertz CT molecular complexity index is 858. The van der Waals surface area contributed by atoms with Crippen LogP contribution < -0.4 is 4.57 Å². The molecule has 1 aromatic heterocycles. The summed E-state index contributed by atoms with van der Waals surface area (Å²) in [7, 11) is 0. The van der Waals surface area contributed by atoms with Crippen LogP contribution in [0.15, 0.2) is 66.9 Å². The molecule has 0 saturated heterocycles. The van der Waals surface area contributed by atoms with Crippen LogP contribution in [0.1, 0.15) is 10.4 Å².